The van der Waals surface area contributed by atoms with Gasteiger partial charge in [0.2, 0.25) is 0 Å². The number of anilines is 1. The van der Waals surface area contributed by atoms with Crippen molar-refractivity contribution in [2.75, 3.05) is 19.0 Å². The summed E-state index contributed by atoms with van der Waals surface area (Å²) in [5, 5.41) is 3.84. The summed E-state index contributed by atoms with van der Waals surface area (Å²) in [4.78, 5) is 4.33. The molecule has 78 valence electrons. The van der Waals surface area contributed by atoms with Crippen molar-refractivity contribution in [3.05, 3.63) is 22.8 Å². The Morgan fingerprint density at radius 3 is 2.93 bits per heavy atom. The third-order valence-corrected chi connectivity index (χ3v) is 2.10. The summed E-state index contributed by atoms with van der Waals surface area (Å²) in [5.74, 6) is 0.850. The maximum absolute atomic E-state index is 5.94. The van der Waals surface area contributed by atoms with E-state index in [4.69, 9.17) is 16.3 Å². The summed E-state index contributed by atoms with van der Waals surface area (Å²) in [6.07, 6.45) is 1.07. The van der Waals surface area contributed by atoms with E-state index >= 15 is 0 Å². The van der Waals surface area contributed by atoms with Crippen LogP contribution in [0.5, 0.6) is 0 Å². The van der Waals surface area contributed by atoms with Crippen molar-refractivity contribution in [1.82, 2.24) is 4.98 Å². The molecule has 0 atom stereocenters. The van der Waals surface area contributed by atoms with Crippen LogP contribution in [0.3, 0.4) is 0 Å². The minimum absolute atomic E-state index is 0.445. The monoisotopic (exact) mass is 214 g/mol. The van der Waals surface area contributed by atoms with Crippen LogP contribution in [-0.4, -0.2) is 18.6 Å². The second kappa shape index (κ2) is 5.83. The van der Waals surface area contributed by atoms with E-state index in [1.54, 1.807) is 7.11 Å². The van der Waals surface area contributed by atoms with Gasteiger partial charge in [0.25, 0.3) is 0 Å². The van der Waals surface area contributed by atoms with Crippen LogP contribution < -0.4 is 5.32 Å². The number of methoxy groups -OCH3 is 1. The van der Waals surface area contributed by atoms with Crippen molar-refractivity contribution in [2.45, 2.75) is 20.0 Å². The lowest BCUT2D eigenvalue weighted by molar-refractivity contribution is 0.181. The van der Waals surface area contributed by atoms with E-state index in [2.05, 4.69) is 17.2 Å². The summed E-state index contributed by atoms with van der Waals surface area (Å²) in [6, 6.07) is 3.71. The maximum Gasteiger partial charge on any atom is 0.126 e. The number of hydrogen-bond donors (Lipinski definition) is 1. The maximum atomic E-state index is 5.94. The number of pyridine rings is 1. The van der Waals surface area contributed by atoms with E-state index in [0.29, 0.717) is 11.6 Å². The van der Waals surface area contributed by atoms with Crippen molar-refractivity contribution in [3.8, 4) is 0 Å². The van der Waals surface area contributed by atoms with Gasteiger partial charge in [-0.2, -0.15) is 0 Å². The summed E-state index contributed by atoms with van der Waals surface area (Å²) >= 11 is 5.94. The van der Waals surface area contributed by atoms with Crippen LogP contribution in [0.1, 0.15) is 19.0 Å². The van der Waals surface area contributed by atoms with Crippen molar-refractivity contribution in [3.63, 3.8) is 0 Å². The lowest BCUT2D eigenvalue weighted by Gasteiger charge is -2.07. The fourth-order valence-electron chi connectivity index (χ4n) is 1.07. The molecule has 0 aliphatic carbocycles. The Bertz CT molecular complexity index is 291. The summed E-state index contributed by atoms with van der Waals surface area (Å²) in [6.45, 7) is 3.47. The minimum atomic E-state index is 0.445. The molecule has 3 nitrogen and oxygen atoms in total. The third kappa shape index (κ3) is 3.16. The second-order valence-electron chi connectivity index (χ2n) is 2.98. The van der Waals surface area contributed by atoms with Gasteiger partial charge < -0.3 is 10.1 Å². The predicted molar refractivity (Wildman–Crippen MR) is 58.7 cm³/mol. The molecule has 0 amide bonds. The Kier molecular flexibility index (Phi) is 4.70. The summed E-state index contributed by atoms with van der Waals surface area (Å²) in [5.41, 5.74) is 0.773. The van der Waals surface area contributed by atoms with Gasteiger partial charge in [-0.3, -0.25) is 0 Å². The number of hydrogen-bond acceptors (Lipinski definition) is 3. The van der Waals surface area contributed by atoms with Crippen LogP contribution in [-0.2, 0) is 11.3 Å². The first-order chi connectivity index (χ1) is 6.77. The lowest BCUT2D eigenvalue weighted by Crippen LogP contribution is -2.04. The van der Waals surface area contributed by atoms with Gasteiger partial charge in [0.1, 0.15) is 5.82 Å². The van der Waals surface area contributed by atoms with E-state index in [0.717, 1.165) is 24.5 Å². The molecule has 4 heteroatoms. The van der Waals surface area contributed by atoms with E-state index < -0.39 is 0 Å². The quantitative estimate of drug-likeness (QED) is 0.819. The predicted octanol–water partition coefficient (Wildman–Crippen LogP) is 2.70. The molecule has 14 heavy (non-hydrogen) atoms. The molecule has 0 aromatic carbocycles. The Balaban J connectivity index is 2.72. The highest BCUT2D eigenvalue weighted by Gasteiger charge is 2.02. The third-order valence-electron chi connectivity index (χ3n) is 1.76. The van der Waals surface area contributed by atoms with Crippen LogP contribution in [0, 0.1) is 0 Å². The van der Waals surface area contributed by atoms with Gasteiger partial charge in [-0.05, 0) is 18.6 Å². The molecule has 0 unspecified atom stereocenters. The Labute approximate surface area is 89.4 Å². The molecular formula is C10H15ClN2O. The van der Waals surface area contributed by atoms with Crippen molar-refractivity contribution in [1.29, 1.82) is 0 Å². The molecular weight excluding hydrogens is 200 g/mol. The van der Waals surface area contributed by atoms with Crippen LogP contribution in [0.2, 0.25) is 5.02 Å². The molecule has 0 saturated carbocycles. The van der Waals surface area contributed by atoms with Crippen molar-refractivity contribution < 1.29 is 4.74 Å². The van der Waals surface area contributed by atoms with Crippen LogP contribution in [0.25, 0.3) is 0 Å². The Hall–Kier alpha value is -0.800. The van der Waals surface area contributed by atoms with Crippen LogP contribution in [0.15, 0.2) is 12.1 Å². The fraction of sp³-hybridized carbons (Fsp3) is 0.500. The molecule has 0 saturated heterocycles. The van der Waals surface area contributed by atoms with E-state index in [1.165, 1.54) is 0 Å². The first kappa shape index (κ1) is 11.3. The van der Waals surface area contributed by atoms with Gasteiger partial charge in [0.15, 0.2) is 0 Å². The zero-order chi connectivity index (χ0) is 10.4. The molecule has 0 spiro atoms. The van der Waals surface area contributed by atoms with Crippen molar-refractivity contribution >= 4 is 17.4 Å². The molecule has 1 heterocycles. The molecule has 0 fully saturated rings. The number of nitrogens with zero attached hydrogens (tertiary/aromatic N) is 1. The molecule has 0 radical (unpaired) electrons. The van der Waals surface area contributed by atoms with Gasteiger partial charge in [0.05, 0.1) is 17.3 Å². The van der Waals surface area contributed by atoms with Gasteiger partial charge in [-0.15, -0.1) is 0 Å². The fourth-order valence-corrected chi connectivity index (χ4v) is 1.23. The van der Waals surface area contributed by atoms with Gasteiger partial charge in [-0.25, -0.2) is 4.98 Å². The Morgan fingerprint density at radius 1 is 1.50 bits per heavy atom. The average molecular weight is 215 g/mol. The molecule has 0 aliphatic rings. The second-order valence-corrected chi connectivity index (χ2v) is 3.39. The number of nitrogens with one attached hydrogen (secondary N) is 1. The van der Waals surface area contributed by atoms with Gasteiger partial charge in [-0.1, -0.05) is 18.5 Å². The topological polar surface area (TPSA) is 34.1 Å². The molecule has 0 aliphatic heterocycles. The normalized spacial score (nSPS) is 10.2. The first-order valence-electron chi connectivity index (χ1n) is 4.66. The standard InChI is InChI=1S/C10H15ClN2O/c1-3-6-12-10-5-4-8(11)9(13-10)7-14-2/h4-5H,3,6-7H2,1-2H3,(H,12,13). The lowest BCUT2D eigenvalue weighted by atomic mass is 10.3. The number of ether oxygens (including phenoxy) is 1. The van der Waals surface area contributed by atoms with E-state index in [9.17, 15) is 0 Å². The molecule has 1 aromatic heterocycles. The minimum Gasteiger partial charge on any atom is -0.378 e. The highest BCUT2D eigenvalue weighted by molar-refractivity contribution is 6.31. The average Bonchev–Trinajstić information content (AvgIpc) is 2.19. The van der Waals surface area contributed by atoms with Gasteiger partial charge >= 0.3 is 0 Å². The summed E-state index contributed by atoms with van der Waals surface area (Å²) < 4.78 is 4.99. The number of aromatic nitrogens is 1. The molecule has 1 aromatic rings. The Morgan fingerprint density at radius 2 is 2.29 bits per heavy atom. The highest BCUT2D eigenvalue weighted by atomic mass is 35.5. The molecule has 1 N–H and O–H groups in total. The largest absolute Gasteiger partial charge is 0.378 e. The molecule has 1 rings (SSSR count). The molecule has 0 bridgehead atoms. The number of halogens is 1. The number of rotatable bonds is 5. The van der Waals surface area contributed by atoms with Crippen molar-refractivity contribution in [2.24, 2.45) is 0 Å². The zero-order valence-corrected chi connectivity index (χ0v) is 9.27. The van der Waals surface area contributed by atoms with Crippen LogP contribution >= 0.6 is 11.6 Å². The van der Waals surface area contributed by atoms with Gasteiger partial charge in [0, 0.05) is 13.7 Å². The van der Waals surface area contributed by atoms with E-state index in [-0.39, 0.29) is 0 Å². The SMILES string of the molecule is CCCNc1ccc(Cl)c(COC)n1. The van der Waals surface area contributed by atoms with E-state index in [1.807, 2.05) is 12.1 Å². The van der Waals surface area contributed by atoms with Crippen LogP contribution in [0.4, 0.5) is 5.82 Å². The highest BCUT2D eigenvalue weighted by Crippen LogP contribution is 2.17. The smallest absolute Gasteiger partial charge is 0.126 e. The summed E-state index contributed by atoms with van der Waals surface area (Å²) in [7, 11) is 1.63. The first-order valence-corrected chi connectivity index (χ1v) is 5.04. The zero-order valence-electron chi connectivity index (χ0n) is 8.51.